The van der Waals surface area contributed by atoms with Crippen molar-refractivity contribution < 1.29 is 14.4 Å². The number of nitrogens with one attached hydrogen (secondary N) is 3. The summed E-state index contributed by atoms with van der Waals surface area (Å²) in [4.78, 5) is 41.3. The number of anilines is 2. The maximum absolute atomic E-state index is 13.2. The quantitative estimate of drug-likeness (QED) is 0.282. The van der Waals surface area contributed by atoms with E-state index in [1.165, 1.54) is 30.2 Å². The number of aromatic nitrogens is 5. The predicted octanol–water partition coefficient (Wildman–Crippen LogP) is 3.05. The number of carbonyl (C=O) groups is 3. The highest BCUT2D eigenvalue weighted by Gasteiger charge is 2.21. The van der Waals surface area contributed by atoms with Gasteiger partial charge in [-0.1, -0.05) is 41.9 Å². The lowest BCUT2D eigenvalue weighted by atomic mass is 10.0. The van der Waals surface area contributed by atoms with Gasteiger partial charge in [0.1, 0.15) is 18.2 Å². The van der Waals surface area contributed by atoms with Crippen LogP contribution < -0.4 is 16.0 Å². The molecule has 2 aromatic carbocycles. The molecule has 0 fully saturated rings. The Morgan fingerprint density at radius 1 is 1.05 bits per heavy atom. The van der Waals surface area contributed by atoms with E-state index in [1.807, 2.05) is 30.3 Å². The summed E-state index contributed by atoms with van der Waals surface area (Å²) in [6, 6.07) is 16.7. The molecule has 1 unspecified atom stereocenters. The maximum atomic E-state index is 13.2. The van der Waals surface area contributed by atoms with E-state index in [2.05, 4.69) is 36.5 Å². The van der Waals surface area contributed by atoms with Crippen LogP contribution >= 0.6 is 11.6 Å². The Balaban J connectivity index is 1.50. The van der Waals surface area contributed by atoms with E-state index in [4.69, 9.17) is 11.6 Å². The van der Waals surface area contributed by atoms with E-state index < -0.39 is 17.9 Å². The van der Waals surface area contributed by atoms with Crippen molar-refractivity contribution in [3.8, 4) is 5.69 Å². The Hall–Kier alpha value is -4.90. The van der Waals surface area contributed by atoms with Crippen molar-refractivity contribution in [1.29, 1.82) is 0 Å². The van der Waals surface area contributed by atoms with Crippen molar-refractivity contribution in [2.24, 2.45) is 0 Å². The smallest absolute Gasteiger partial charge is 0.247 e. The van der Waals surface area contributed by atoms with Crippen molar-refractivity contribution >= 4 is 46.9 Å². The summed E-state index contributed by atoms with van der Waals surface area (Å²) in [6.07, 6.45) is 5.99. The number of rotatable bonds is 9. The third-order valence-electron chi connectivity index (χ3n) is 5.25. The predicted molar refractivity (Wildman–Crippen MR) is 142 cm³/mol. The highest BCUT2D eigenvalue weighted by molar-refractivity contribution is 6.30. The number of hydrogen-bond acceptors (Lipinski definition) is 7. The number of benzene rings is 2. The van der Waals surface area contributed by atoms with Gasteiger partial charge in [-0.25, -0.2) is 4.98 Å². The molecular formula is C26H23ClN8O3. The Bertz CT molecular complexity index is 1440. The lowest BCUT2D eigenvalue weighted by Gasteiger charge is -2.18. The summed E-state index contributed by atoms with van der Waals surface area (Å²) in [5, 5.41) is 19.7. The van der Waals surface area contributed by atoms with Gasteiger partial charge < -0.3 is 16.0 Å². The molecule has 0 aliphatic carbocycles. The fraction of sp³-hybridized carbons (Fsp3) is 0.115. The Morgan fingerprint density at radius 2 is 1.87 bits per heavy atom. The number of nitrogens with zero attached hydrogens (tertiary/aromatic N) is 5. The molecule has 1 atom stereocenters. The summed E-state index contributed by atoms with van der Waals surface area (Å²) in [6.45, 7) is 1.38. The first kappa shape index (κ1) is 26.2. The van der Waals surface area contributed by atoms with Crippen LogP contribution in [-0.4, -0.2) is 49.0 Å². The molecular weight excluding hydrogens is 508 g/mol. The van der Waals surface area contributed by atoms with Gasteiger partial charge in [-0.2, -0.15) is 4.68 Å². The van der Waals surface area contributed by atoms with Crippen molar-refractivity contribution in [3.63, 3.8) is 0 Å². The highest BCUT2D eigenvalue weighted by Crippen LogP contribution is 2.20. The molecule has 0 radical (unpaired) electrons. The monoisotopic (exact) mass is 530 g/mol. The van der Waals surface area contributed by atoms with Gasteiger partial charge in [-0.3, -0.25) is 14.4 Å². The van der Waals surface area contributed by atoms with Gasteiger partial charge in [0.25, 0.3) is 0 Å². The lowest BCUT2D eigenvalue weighted by molar-refractivity contribution is -0.123. The van der Waals surface area contributed by atoms with Gasteiger partial charge in [0.05, 0.1) is 17.6 Å². The van der Waals surface area contributed by atoms with E-state index in [9.17, 15) is 14.4 Å². The molecule has 4 rings (SSSR count). The minimum absolute atomic E-state index is 0.254. The standard InChI is InChI=1S/C26H23ClN8O3/c1-17(36)30-24-11-9-21(15-28-24)31-26(38)22(13-18-5-3-2-4-6-18)32-25(37)12-7-19-14-20(27)8-10-23(19)35-16-29-33-34-35/h2-12,14-16,22H,13H2,1H3,(H,31,38)(H,32,37)(H,28,30,36)/b12-7+. The zero-order chi connectivity index (χ0) is 26.9. The van der Waals surface area contributed by atoms with Crippen LogP contribution in [0.5, 0.6) is 0 Å². The Labute approximate surface area is 222 Å². The first-order valence-electron chi connectivity index (χ1n) is 11.5. The Morgan fingerprint density at radius 3 is 2.55 bits per heavy atom. The SMILES string of the molecule is CC(=O)Nc1ccc(NC(=O)C(Cc2ccccc2)NC(=O)/C=C/c2cc(Cl)ccc2-n2cnnn2)cn1. The molecule has 4 aromatic rings. The van der Waals surface area contributed by atoms with Gasteiger partial charge >= 0.3 is 0 Å². The minimum atomic E-state index is -0.886. The van der Waals surface area contributed by atoms with Gasteiger partial charge in [0.2, 0.25) is 17.7 Å². The van der Waals surface area contributed by atoms with E-state index >= 15 is 0 Å². The van der Waals surface area contributed by atoms with Gasteiger partial charge in [0, 0.05) is 30.0 Å². The molecule has 12 heteroatoms. The second-order valence-electron chi connectivity index (χ2n) is 8.14. The summed E-state index contributed by atoms with van der Waals surface area (Å²) in [5.74, 6) is -0.808. The molecule has 0 aliphatic heterocycles. The maximum Gasteiger partial charge on any atom is 0.247 e. The number of carbonyl (C=O) groups excluding carboxylic acids is 3. The van der Waals surface area contributed by atoms with Crippen molar-refractivity contribution in [2.45, 2.75) is 19.4 Å². The van der Waals surface area contributed by atoms with E-state index in [0.717, 1.165) is 5.56 Å². The minimum Gasteiger partial charge on any atom is -0.340 e. The third-order valence-corrected chi connectivity index (χ3v) is 5.49. The molecule has 0 aliphatic rings. The molecule has 0 spiro atoms. The average molecular weight is 531 g/mol. The van der Waals surface area contributed by atoms with Crippen LogP contribution in [0.1, 0.15) is 18.1 Å². The molecule has 0 saturated heterocycles. The van der Waals surface area contributed by atoms with Crippen molar-refractivity contribution in [3.05, 3.63) is 95.4 Å². The van der Waals surface area contributed by atoms with Gasteiger partial charge in [-0.15, -0.1) is 5.10 Å². The van der Waals surface area contributed by atoms with Crippen LogP contribution in [0.3, 0.4) is 0 Å². The molecule has 0 bridgehead atoms. The fourth-order valence-electron chi connectivity index (χ4n) is 3.54. The topological polar surface area (TPSA) is 144 Å². The fourth-order valence-corrected chi connectivity index (χ4v) is 3.72. The van der Waals surface area contributed by atoms with Crippen LogP contribution in [0.2, 0.25) is 5.02 Å². The van der Waals surface area contributed by atoms with E-state index in [1.54, 1.807) is 36.4 Å². The third kappa shape index (κ3) is 7.31. The second-order valence-corrected chi connectivity index (χ2v) is 8.58. The molecule has 192 valence electrons. The lowest BCUT2D eigenvalue weighted by Crippen LogP contribution is -2.44. The normalized spacial score (nSPS) is 11.6. The highest BCUT2D eigenvalue weighted by atomic mass is 35.5. The molecule has 0 saturated carbocycles. The number of pyridine rings is 1. The molecule has 3 N–H and O–H groups in total. The van der Waals surface area contributed by atoms with E-state index in [-0.39, 0.29) is 12.3 Å². The van der Waals surface area contributed by atoms with Crippen LogP contribution in [0.25, 0.3) is 11.8 Å². The Kier molecular flexibility index (Phi) is 8.52. The van der Waals surface area contributed by atoms with Crippen molar-refractivity contribution in [2.75, 3.05) is 10.6 Å². The average Bonchev–Trinajstić information content (AvgIpc) is 3.43. The van der Waals surface area contributed by atoms with Crippen molar-refractivity contribution in [1.82, 2.24) is 30.5 Å². The first-order chi connectivity index (χ1) is 18.4. The molecule has 11 nitrogen and oxygen atoms in total. The van der Waals surface area contributed by atoms with Gasteiger partial charge in [0.15, 0.2) is 0 Å². The second kappa shape index (κ2) is 12.4. The van der Waals surface area contributed by atoms with Crippen LogP contribution in [-0.2, 0) is 20.8 Å². The molecule has 2 aromatic heterocycles. The molecule has 38 heavy (non-hydrogen) atoms. The summed E-state index contributed by atoms with van der Waals surface area (Å²) in [7, 11) is 0. The largest absolute Gasteiger partial charge is 0.340 e. The van der Waals surface area contributed by atoms with Gasteiger partial charge in [-0.05, 0) is 52.4 Å². The number of halogens is 1. The number of amides is 3. The number of hydrogen-bond donors (Lipinski definition) is 3. The molecule has 3 amide bonds. The van der Waals surface area contributed by atoms with Crippen LogP contribution in [0.15, 0.2) is 79.3 Å². The van der Waals surface area contributed by atoms with E-state index in [0.29, 0.717) is 27.8 Å². The summed E-state index contributed by atoms with van der Waals surface area (Å²) >= 11 is 6.15. The van der Waals surface area contributed by atoms with Crippen LogP contribution in [0, 0.1) is 0 Å². The van der Waals surface area contributed by atoms with Crippen LogP contribution in [0.4, 0.5) is 11.5 Å². The molecule has 2 heterocycles. The first-order valence-corrected chi connectivity index (χ1v) is 11.8. The zero-order valence-corrected chi connectivity index (χ0v) is 21.0. The summed E-state index contributed by atoms with van der Waals surface area (Å²) in [5.41, 5.74) is 2.51. The number of tetrazole rings is 1. The summed E-state index contributed by atoms with van der Waals surface area (Å²) < 4.78 is 1.45. The zero-order valence-electron chi connectivity index (χ0n) is 20.2.